The van der Waals surface area contributed by atoms with Crippen molar-refractivity contribution in [1.82, 2.24) is 0 Å². The number of unbranched alkanes of at least 4 members (excludes halogenated alkanes) is 3. The van der Waals surface area contributed by atoms with Gasteiger partial charge < -0.3 is 24.1 Å². The molecule has 1 fully saturated rings. The van der Waals surface area contributed by atoms with Crippen molar-refractivity contribution in [2.24, 2.45) is 0 Å². The summed E-state index contributed by atoms with van der Waals surface area (Å²) in [5, 5.41) is 19.0. The van der Waals surface area contributed by atoms with Gasteiger partial charge in [-0.1, -0.05) is 40.0 Å². The number of rotatable bonds is 14. The molecule has 1 rings (SSSR count). The summed E-state index contributed by atoms with van der Waals surface area (Å²) in [5.74, 6) is 0. The molecule has 1 aliphatic heterocycles. The van der Waals surface area contributed by atoms with Crippen LogP contribution < -0.4 is 0 Å². The van der Waals surface area contributed by atoms with Crippen molar-refractivity contribution in [3.63, 3.8) is 0 Å². The van der Waals surface area contributed by atoms with Crippen molar-refractivity contribution >= 4 is 0 Å². The quantitative estimate of drug-likeness (QED) is 0.274. The summed E-state index contributed by atoms with van der Waals surface area (Å²) in [5.41, 5.74) is -0.708. The number of nitrogens with zero attached hydrogens (tertiary/aromatic N) is 1. The topological polar surface area (TPSA) is 80.9 Å². The van der Waals surface area contributed by atoms with Gasteiger partial charge in [-0.15, -0.1) is 0 Å². The molecule has 0 aromatic heterocycles. The fourth-order valence-corrected chi connectivity index (χ4v) is 3.23. The van der Waals surface area contributed by atoms with Crippen LogP contribution in [0.5, 0.6) is 0 Å². The fraction of sp³-hybridized carbons (Fsp3) is 0.857. The molecule has 6 nitrogen and oxygen atoms in total. The van der Waals surface area contributed by atoms with Gasteiger partial charge in [-0.05, 0) is 26.2 Å². The van der Waals surface area contributed by atoms with E-state index in [1.54, 1.807) is 0 Å². The van der Waals surface area contributed by atoms with Crippen LogP contribution in [0.25, 0.3) is 0 Å². The van der Waals surface area contributed by atoms with Crippen LogP contribution in [-0.2, 0) is 18.9 Å². The monoisotopic (exact) mass is 383 g/mol. The van der Waals surface area contributed by atoms with E-state index in [1.165, 1.54) is 0 Å². The largest absolute Gasteiger partial charge is 0.514 e. The Bertz CT molecular complexity index is 476. The summed E-state index contributed by atoms with van der Waals surface area (Å²) in [6, 6.07) is 2.03. The van der Waals surface area contributed by atoms with Crippen molar-refractivity contribution in [2.45, 2.75) is 90.1 Å². The second-order valence-corrected chi connectivity index (χ2v) is 7.21. The number of aliphatic hydroxyl groups excluding tert-OH is 1. The molecule has 1 N–H and O–H groups in total. The van der Waals surface area contributed by atoms with Crippen molar-refractivity contribution in [3.05, 3.63) is 11.8 Å². The lowest BCUT2D eigenvalue weighted by molar-refractivity contribution is -0.131. The van der Waals surface area contributed by atoms with Gasteiger partial charge in [0.2, 0.25) is 0 Å². The van der Waals surface area contributed by atoms with Crippen LogP contribution in [0.15, 0.2) is 11.8 Å². The second-order valence-electron chi connectivity index (χ2n) is 7.21. The summed E-state index contributed by atoms with van der Waals surface area (Å²) >= 11 is 0. The summed E-state index contributed by atoms with van der Waals surface area (Å²) in [7, 11) is 0. The van der Waals surface area contributed by atoms with Crippen LogP contribution in [0.2, 0.25) is 0 Å². The van der Waals surface area contributed by atoms with Crippen LogP contribution in [-0.4, -0.2) is 55.4 Å². The average Bonchev–Trinajstić information content (AvgIpc) is 2.93. The zero-order valence-corrected chi connectivity index (χ0v) is 17.4. The molecule has 27 heavy (non-hydrogen) atoms. The van der Waals surface area contributed by atoms with Gasteiger partial charge in [-0.2, -0.15) is 5.26 Å². The number of ether oxygens (including phenoxy) is 4. The molecule has 0 aromatic carbocycles. The van der Waals surface area contributed by atoms with Crippen LogP contribution in [0.4, 0.5) is 0 Å². The Kier molecular flexibility index (Phi) is 11.6. The van der Waals surface area contributed by atoms with E-state index in [9.17, 15) is 10.4 Å². The first-order valence-electron chi connectivity index (χ1n) is 10.3. The van der Waals surface area contributed by atoms with Gasteiger partial charge >= 0.3 is 0 Å². The minimum atomic E-state index is -0.855. The van der Waals surface area contributed by atoms with Gasteiger partial charge in [0.05, 0.1) is 18.4 Å². The number of hydrogen-bond acceptors (Lipinski definition) is 6. The SMILES string of the molecule is CCCCOC[C@H]1OC(/C(C#N)=C/O)[C@](C)(OCCCC)[C@@H]1OCCCC. The Labute approximate surface area is 164 Å². The lowest BCUT2D eigenvalue weighted by Gasteiger charge is -2.35. The maximum absolute atomic E-state index is 9.53. The minimum Gasteiger partial charge on any atom is -0.514 e. The van der Waals surface area contributed by atoms with E-state index in [1.807, 2.05) is 13.0 Å². The predicted octanol–water partition coefficient (Wildman–Crippen LogP) is 4.30. The van der Waals surface area contributed by atoms with E-state index in [0.717, 1.165) is 44.8 Å². The molecule has 156 valence electrons. The van der Waals surface area contributed by atoms with E-state index in [4.69, 9.17) is 18.9 Å². The third kappa shape index (κ3) is 6.76. The molecule has 6 heteroatoms. The summed E-state index contributed by atoms with van der Waals surface area (Å²) in [6.45, 7) is 10.4. The number of aliphatic hydroxyl groups is 1. The lowest BCUT2D eigenvalue weighted by atomic mass is 9.88. The molecule has 0 radical (unpaired) electrons. The number of nitriles is 1. The van der Waals surface area contributed by atoms with Gasteiger partial charge in [0.15, 0.2) is 0 Å². The third-order valence-electron chi connectivity index (χ3n) is 4.92. The Morgan fingerprint density at radius 2 is 1.74 bits per heavy atom. The fourth-order valence-electron chi connectivity index (χ4n) is 3.23. The van der Waals surface area contributed by atoms with Crippen LogP contribution >= 0.6 is 0 Å². The Hall–Kier alpha value is -1.13. The lowest BCUT2D eigenvalue weighted by Crippen LogP contribution is -2.50. The highest BCUT2D eigenvalue weighted by molar-refractivity contribution is 5.30. The maximum Gasteiger partial charge on any atom is 0.127 e. The Morgan fingerprint density at radius 3 is 2.33 bits per heavy atom. The van der Waals surface area contributed by atoms with E-state index < -0.39 is 11.7 Å². The van der Waals surface area contributed by atoms with Gasteiger partial charge in [0.25, 0.3) is 0 Å². The van der Waals surface area contributed by atoms with Crippen molar-refractivity contribution in [1.29, 1.82) is 5.26 Å². The standard InChI is InChI=1S/C21H37NO5/c1-5-8-11-24-16-18-20(25-12-9-6-2)21(4,26-13-10-7-3)19(27-18)17(14-22)15-23/h15,18-20,23H,5-13,16H2,1-4H3/b17-15+/t18-,19?,20-,21+/m1/s1. The molecular weight excluding hydrogens is 346 g/mol. The highest BCUT2D eigenvalue weighted by atomic mass is 16.6. The van der Waals surface area contributed by atoms with Crippen molar-refractivity contribution < 1.29 is 24.1 Å². The summed E-state index contributed by atoms with van der Waals surface area (Å²) in [6.07, 6.45) is 5.36. The highest BCUT2D eigenvalue weighted by Crippen LogP contribution is 2.40. The van der Waals surface area contributed by atoms with Crippen molar-refractivity contribution in [3.8, 4) is 6.07 Å². The molecule has 0 amide bonds. The van der Waals surface area contributed by atoms with Gasteiger partial charge in [0.1, 0.15) is 30.0 Å². The normalized spacial score (nSPS) is 28.4. The highest BCUT2D eigenvalue weighted by Gasteiger charge is 2.57. The van der Waals surface area contributed by atoms with E-state index >= 15 is 0 Å². The zero-order chi connectivity index (χ0) is 20.1. The molecule has 1 unspecified atom stereocenters. The predicted molar refractivity (Wildman–Crippen MR) is 105 cm³/mol. The van der Waals surface area contributed by atoms with Crippen molar-refractivity contribution in [2.75, 3.05) is 26.4 Å². The smallest absolute Gasteiger partial charge is 0.127 e. The summed E-state index contributed by atoms with van der Waals surface area (Å²) < 4.78 is 24.3. The molecule has 4 atom stereocenters. The molecule has 0 bridgehead atoms. The van der Waals surface area contributed by atoms with E-state index in [0.29, 0.717) is 26.4 Å². The van der Waals surface area contributed by atoms with E-state index in [-0.39, 0.29) is 17.8 Å². The van der Waals surface area contributed by atoms with Gasteiger partial charge in [-0.3, -0.25) is 0 Å². The third-order valence-corrected chi connectivity index (χ3v) is 4.92. The number of hydrogen-bond donors (Lipinski definition) is 1. The van der Waals surface area contributed by atoms with Crippen LogP contribution in [0.3, 0.4) is 0 Å². The summed E-state index contributed by atoms with van der Waals surface area (Å²) in [4.78, 5) is 0. The average molecular weight is 384 g/mol. The Morgan fingerprint density at radius 1 is 1.11 bits per heavy atom. The molecule has 0 saturated carbocycles. The van der Waals surface area contributed by atoms with E-state index in [2.05, 4.69) is 20.8 Å². The molecule has 0 aromatic rings. The molecule has 0 aliphatic carbocycles. The maximum atomic E-state index is 9.53. The van der Waals surface area contributed by atoms with Gasteiger partial charge in [-0.25, -0.2) is 0 Å². The zero-order valence-electron chi connectivity index (χ0n) is 17.4. The van der Waals surface area contributed by atoms with Gasteiger partial charge in [0, 0.05) is 19.8 Å². The molecule has 1 saturated heterocycles. The first kappa shape index (κ1) is 23.9. The first-order chi connectivity index (χ1) is 13.1. The molecule has 1 heterocycles. The van der Waals surface area contributed by atoms with Crippen LogP contribution in [0.1, 0.15) is 66.2 Å². The molecule has 0 spiro atoms. The molecule has 1 aliphatic rings. The van der Waals surface area contributed by atoms with Crippen LogP contribution in [0, 0.1) is 11.3 Å². The Balaban J connectivity index is 3.01. The minimum absolute atomic E-state index is 0.147. The molecular formula is C21H37NO5. The second kappa shape index (κ2) is 13.1. The first-order valence-corrected chi connectivity index (χ1v) is 10.3.